The highest BCUT2D eigenvalue weighted by molar-refractivity contribution is 4.96. The highest BCUT2D eigenvalue weighted by Crippen LogP contribution is 2.12. The number of aliphatic hydroxyl groups excluding tert-OH is 2. The average molecular weight is 186 g/mol. The molecule has 0 fully saturated rings. The Balaban J connectivity index is 2.33. The number of ether oxygens (including phenoxy) is 2. The van der Waals surface area contributed by atoms with E-state index >= 15 is 0 Å². The van der Waals surface area contributed by atoms with Gasteiger partial charge in [0, 0.05) is 0 Å². The molecule has 4 nitrogen and oxygen atoms in total. The smallest absolute Gasteiger partial charge is 0.150 e. The van der Waals surface area contributed by atoms with Crippen LogP contribution in [0.15, 0.2) is 25.0 Å². The van der Waals surface area contributed by atoms with Crippen LogP contribution < -0.4 is 0 Å². The van der Waals surface area contributed by atoms with E-state index in [0.29, 0.717) is 6.61 Å². The summed E-state index contributed by atoms with van der Waals surface area (Å²) in [5.74, 6) is 0. The van der Waals surface area contributed by atoms with Crippen molar-refractivity contribution in [3.63, 3.8) is 0 Å². The summed E-state index contributed by atoms with van der Waals surface area (Å²) in [4.78, 5) is 0. The molecule has 0 aromatic carbocycles. The van der Waals surface area contributed by atoms with Crippen LogP contribution in [0, 0.1) is 0 Å². The SMILES string of the molecule is C=CCOC[C@H]1OC=C[C@@H](O)[C@@H]1O. The Labute approximate surface area is 77.1 Å². The van der Waals surface area contributed by atoms with E-state index in [2.05, 4.69) is 6.58 Å². The minimum Gasteiger partial charge on any atom is -0.493 e. The Hall–Kier alpha value is -0.840. The van der Waals surface area contributed by atoms with E-state index in [4.69, 9.17) is 9.47 Å². The number of aliphatic hydroxyl groups is 2. The molecule has 0 amide bonds. The van der Waals surface area contributed by atoms with E-state index in [1.54, 1.807) is 6.08 Å². The summed E-state index contributed by atoms with van der Waals surface area (Å²) >= 11 is 0. The first kappa shape index (κ1) is 10.2. The van der Waals surface area contributed by atoms with E-state index in [0.717, 1.165) is 0 Å². The van der Waals surface area contributed by atoms with Crippen molar-refractivity contribution in [3.8, 4) is 0 Å². The van der Waals surface area contributed by atoms with Gasteiger partial charge in [-0.15, -0.1) is 6.58 Å². The fourth-order valence-electron chi connectivity index (χ4n) is 1.05. The van der Waals surface area contributed by atoms with Crippen molar-refractivity contribution in [3.05, 3.63) is 25.0 Å². The summed E-state index contributed by atoms with van der Waals surface area (Å²) in [5.41, 5.74) is 0. The summed E-state index contributed by atoms with van der Waals surface area (Å²) in [5, 5.41) is 18.6. The van der Waals surface area contributed by atoms with Gasteiger partial charge in [0.25, 0.3) is 0 Å². The van der Waals surface area contributed by atoms with Crippen LogP contribution in [-0.2, 0) is 9.47 Å². The minimum absolute atomic E-state index is 0.245. The second-order valence-electron chi connectivity index (χ2n) is 2.81. The normalized spacial score (nSPS) is 32.6. The first-order valence-electron chi connectivity index (χ1n) is 4.12. The molecule has 74 valence electrons. The van der Waals surface area contributed by atoms with Gasteiger partial charge in [-0.2, -0.15) is 0 Å². The average Bonchev–Trinajstić information content (AvgIpc) is 2.13. The van der Waals surface area contributed by atoms with E-state index in [-0.39, 0.29) is 6.61 Å². The lowest BCUT2D eigenvalue weighted by atomic mass is 10.1. The third-order valence-corrected chi connectivity index (χ3v) is 1.78. The quantitative estimate of drug-likeness (QED) is 0.472. The molecule has 0 spiro atoms. The standard InChI is InChI=1S/C9H14O4/c1-2-4-12-6-8-9(11)7(10)3-5-13-8/h2-3,5,7-11H,1,4,6H2/t7-,8-,9+/m1/s1. The van der Waals surface area contributed by atoms with Crippen LogP contribution in [0.1, 0.15) is 0 Å². The second-order valence-corrected chi connectivity index (χ2v) is 2.81. The van der Waals surface area contributed by atoms with Crippen LogP contribution in [0.2, 0.25) is 0 Å². The molecule has 1 heterocycles. The predicted molar refractivity (Wildman–Crippen MR) is 47.0 cm³/mol. The molecule has 0 radical (unpaired) electrons. The largest absolute Gasteiger partial charge is 0.493 e. The predicted octanol–water partition coefficient (Wildman–Crippen LogP) is -0.177. The molecular weight excluding hydrogens is 172 g/mol. The van der Waals surface area contributed by atoms with Gasteiger partial charge in [0.2, 0.25) is 0 Å². The van der Waals surface area contributed by atoms with Crippen LogP contribution in [-0.4, -0.2) is 41.7 Å². The van der Waals surface area contributed by atoms with E-state index in [9.17, 15) is 10.2 Å². The lowest BCUT2D eigenvalue weighted by Crippen LogP contribution is -2.42. The molecule has 0 bridgehead atoms. The van der Waals surface area contributed by atoms with Crippen molar-refractivity contribution in [1.82, 2.24) is 0 Å². The topological polar surface area (TPSA) is 58.9 Å². The van der Waals surface area contributed by atoms with E-state index < -0.39 is 18.3 Å². The van der Waals surface area contributed by atoms with Gasteiger partial charge in [-0.1, -0.05) is 6.08 Å². The van der Waals surface area contributed by atoms with Crippen molar-refractivity contribution < 1.29 is 19.7 Å². The van der Waals surface area contributed by atoms with Crippen molar-refractivity contribution in [2.45, 2.75) is 18.3 Å². The molecule has 0 aromatic heterocycles. The maximum absolute atomic E-state index is 9.40. The Bertz CT molecular complexity index is 190. The summed E-state index contributed by atoms with van der Waals surface area (Å²) in [6, 6.07) is 0. The number of hydrogen-bond acceptors (Lipinski definition) is 4. The van der Waals surface area contributed by atoms with Crippen molar-refractivity contribution >= 4 is 0 Å². The lowest BCUT2D eigenvalue weighted by Gasteiger charge is -2.27. The van der Waals surface area contributed by atoms with Crippen molar-refractivity contribution in [2.75, 3.05) is 13.2 Å². The van der Waals surface area contributed by atoms with Gasteiger partial charge < -0.3 is 19.7 Å². The molecule has 0 unspecified atom stereocenters. The fraction of sp³-hybridized carbons (Fsp3) is 0.556. The van der Waals surface area contributed by atoms with Gasteiger partial charge >= 0.3 is 0 Å². The van der Waals surface area contributed by atoms with Crippen molar-refractivity contribution in [1.29, 1.82) is 0 Å². The zero-order valence-corrected chi connectivity index (χ0v) is 7.30. The molecule has 4 heteroatoms. The highest BCUT2D eigenvalue weighted by atomic mass is 16.5. The minimum atomic E-state index is -0.921. The van der Waals surface area contributed by atoms with Gasteiger partial charge in [-0.3, -0.25) is 0 Å². The number of rotatable bonds is 4. The van der Waals surface area contributed by atoms with Crippen LogP contribution >= 0.6 is 0 Å². The maximum Gasteiger partial charge on any atom is 0.150 e. The monoisotopic (exact) mass is 186 g/mol. The molecule has 0 saturated carbocycles. The molecule has 13 heavy (non-hydrogen) atoms. The first-order valence-corrected chi connectivity index (χ1v) is 4.12. The molecule has 0 aliphatic carbocycles. The summed E-state index contributed by atoms with van der Waals surface area (Å²) in [6.45, 7) is 4.14. The molecule has 3 atom stereocenters. The molecule has 1 rings (SSSR count). The summed E-state index contributed by atoms with van der Waals surface area (Å²) < 4.78 is 10.2. The van der Waals surface area contributed by atoms with Crippen LogP contribution in [0.4, 0.5) is 0 Å². The zero-order valence-electron chi connectivity index (χ0n) is 7.30. The molecule has 2 N–H and O–H groups in total. The van der Waals surface area contributed by atoms with Crippen LogP contribution in [0.5, 0.6) is 0 Å². The first-order chi connectivity index (χ1) is 6.25. The van der Waals surface area contributed by atoms with E-state index in [1.807, 2.05) is 0 Å². The van der Waals surface area contributed by atoms with Crippen LogP contribution in [0.25, 0.3) is 0 Å². The molecule has 1 aliphatic heterocycles. The molecule has 0 saturated heterocycles. The van der Waals surface area contributed by atoms with Gasteiger partial charge in [0.1, 0.15) is 18.3 Å². The third kappa shape index (κ3) is 2.84. The van der Waals surface area contributed by atoms with Gasteiger partial charge in [-0.25, -0.2) is 0 Å². The Morgan fingerprint density at radius 1 is 1.54 bits per heavy atom. The fourth-order valence-corrected chi connectivity index (χ4v) is 1.05. The third-order valence-electron chi connectivity index (χ3n) is 1.78. The summed E-state index contributed by atoms with van der Waals surface area (Å²) in [7, 11) is 0. The van der Waals surface area contributed by atoms with E-state index in [1.165, 1.54) is 12.3 Å². The van der Waals surface area contributed by atoms with Crippen molar-refractivity contribution in [2.24, 2.45) is 0 Å². The molecule has 0 aromatic rings. The highest BCUT2D eigenvalue weighted by Gasteiger charge is 2.28. The van der Waals surface area contributed by atoms with Crippen LogP contribution in [0.3, 0.4) is 0 Å². The lowest BCUT2D eigenvalue weighted by molar-refractivity contribution is -0.0902. The zero-order chi connectivity index (χ0) is 9.68. The maximum atomic E-state index is 9.40. The molecular formula is C9H14O4. The Kier molecular flexibility index (Phi) is 3.95. The Morgan fingerprint density at radius 2 is 2.31 bits per heavy atom. The van der Waals surface area contributed by atoms with Gasteiger partial charge in [0.15, 0.2) is 0 Å². The molecule has 1 aliphatic rings. The van der Waals surface area contributed by atoms with Gasteiger partial charge in [0.05, 0.1) is 19.5 Å². The second kappa shape index (κ2) is 5.01. The summed E-state index contributed by atoms with van der Waals surface area (Å²) in [6.07, 6.45) is 2.09. The Morgan fingerprint density at radius 3 is 3.00 bits per heavy atom. The van der Waals surface area contributed by atoms with Gasteiger partial charge in [-0.05, 0) is 6.08 Å². The number of hydrogen-bond donors (Lipinski definition) is 2.